The molecular formula is C15H12N2O2S. The number of aromatic nitrogens is 1. The molecule has 1 amide bonds. The van der Waals surface area contributed by atoms with Gasteiger partial charge in [0.1, 0.15) is 5.01 Å². The summed E-state index contributed by atoms with van der Waals surface area (Å²) in [5.74, 6) is 2.64. The van der Waals surface area contributed by atoms with E-state index >= 15 is 0 Å². The summed E-state index contributed by atoms with van der Waals surface area (Å²) in [5, 5.41) is 12.6. The Morgan fingerprint density at radius 2 is 2.20 bits per heavy atom. The molecule has 0 saturated heterocycles. The van der Waals surface area contributed by atoms with Crippen molar-refractivity contribution in [1.82, 2.24) is 10.3 Å². The van der Waals surface area contributed by atoms with Crippen molar-refractivity contribution >= 4 is 27.6 Å². The first-order valence-electron chi connectivity index (χ1n) is 6.43. The molecular weight excluding hydrogens is 272 g/mol. The lowest BCUT2D eigenvalue weighted by Gasteiger charge is -2.69. The second kappa shape index (κ2) is 3.53. The molecule has 20 heavy (non-hydrogen) atoms. The number of thiazole rings is 1. The molecule has 5 rings (SSSR count). The molecule has 2 bridgehead atoms. The highest BCUT2D eigenvalue weighted by atomic mass is 32.1. The monoisotopic (exact) mass is 284 g/mol. The van der Waals surface area contributed by atoms with E-state index in [1.807, 2.05) is 18.2 Å². The minimum Gasteiger partial charge on any atom is -0.465 e. The number of nitrogens with zero attached hydrogens (tertiary/aromatic N) is 1. The first-order chi connectivity index (χ1) is 9.54. The fourth-order valence-corrected chi connectivity index (χ4v) is 4.80. The van der Waals surface area contributed by atoms with Crippen molar-refractivity contribution in [3.05, 3.63) is 28.8 Å². The number of rotatable bonds is 2. The van der Waals surface area contributed by atoms with Crippen molar-refractivity contribution in [1.29, 1.82) is 0 Å². The zero-order valence-electron chi connectivity index (χ0n) is 10.6. The summed E-state index contributed by atoms with van der Waals surface area (Å²) in [6.07, 6.45) is 7.09. The van der Waals surface area contributed by atoms with Crippen LogP contribution in [0.25, 0.3) is 10.2 Å². The molecule has 3 aliphatic rings. The van der Waals surface area contributed by atoms with Gasteiger partial charge < -0.3 is 10.4 Å². The van der Waals surface area contributed by atoms with E-state index in [-0.39, 0.29) is 11.0 Å². The smallest absolute Gasteiger partial charge is 0.405 e. The van der Waals surface area contributed by atoms with Crippen LogP contribution in [0.2, 0.25) is 0 Å². The molecule has 1 aromatic heterocycles. The van der Waals surface area contributed by atoms with Crippen LogP contribution in [-0.4, -0.2) is 21.7 Å². The van der Waals surface area contributed by atoms with E-state index in [1.165, 1.54) is 0 Å². The Balaban J connectivity index is 1.63. The van der Waals surface area contributed by atoms with Crippen LogP contribution in [0.4, 0.5) is 4.79 Å². The Morgan fingerprint density at radius 3 is 2.85 bits per heavy atom. The first kappa shape index (κ1) is 11.7. The second-order valence-electron chi connectivity index (χ2n) is 5.87. The van der Waals surface area contributed by atoms with Gasteiger partial charge in [-0.1, -0.05) is 5.92 Å². The lowest BCUT2D eigenvalue weighted by Crippen LogP contribution is -2.76. The van der Waals surface area contributed by atoms with E-state index in [4.69, 9.17) is 16.5 Å². The molecule has 0 spiro atoms. The van der Waals surface area contributed by atoms with Crippen molar-refractivity contribution in [3.63, 3.8) is 0 Å². The highest BCUT2D eigenvalue weighted by Crippen LogP contribution is 2.68. The molecule has 3 aliphatic carbocycles. The Morgan fingerprint density at radius 1 is 1.45 bits per heavy atom. The van der Waals surface area contributed by atoms with Crippen LogP contribution in [0.5, 0.6) is 0 Å². The van der Waals surface area contributed by atoms with Gasteiger partial charge in [-0.15, -0.1) is 17.8 Å². The molecule has 1 heterocycles. The summed E-state index contributed by atoms with van der Waals surface area (Å²) in [4.78, 5) is 15.4. The van der Waals surface area contributed by atoms with Crippen LogP contribution >= 0.6 is 11.3 Å². The minimum atomic E-state index is -0.929. The summed E-state index contributed by atoms with van der Waals surface area (Å²) in [7, 11) is 0. The predicted molar refractivity (Wildman–Crippen MR) is 77.0 cm³/mol. The van der Waals surface area contributed by atoms with Gasteiger partial charge in [-0.05, 0) is 37.5 Å². The van der Waals surface area contributed by atoms with Crippen LogP contribution in [0.1, 0.15) is 29.8 Å². The highest BCUT2D eigenvalue weighted by molar-refractivity contribution is 7.18. The number of hydrogen-bond donors (Lipinski definition) is 2. The molecule has 3 saturated carbocycles. The topological polar surface area (TPSA) is 62.2 Å². The van der Waals surface area contributed by atoms with Gasteiger partial charge >= 0.3 is 6.09 Å². The van der Waals surface area contributed by atoms with Crippen LogP contribution in [0.3, 0.4) is 0 Å². The maximum absolute atomic E-state index is 10.7. The molecule has 5 heteroatoms. The quantitative estimate of drug-likeness (QED) is 0.833. The number of nitrogens with one attached hydrogen (secondary N) is 1. The largest absolute Gasteiger partial charge is 0.465 e. The zero-order chi connectivity index (χ0) is 14.0. The van der Waals surface area contributed by atoms with E-state index in [2.05, 4.69) is 11.2 Å². The summed E-state index contributed by atoms with van der Waals surface area (Å²) >= 11 is 1.68. The molecule has 1 aromatic carbocycles. The van der Waals surface area contributed by atoms with Gasteiger partial charge in [-0.2, -0.15) is 0 Å². The number of benzene rings is 1. The lowest BCUT2D eigenvalue weighted by atomic mass is 9.39. The molecule has 100 valence electrons. The third-order valence-corrected chi connectivity index (χ3v) is 5.68. The zero-order valence-corrected chi connectivity index (χ0v) is 11.5. The highest BCUT2D eigenvalue weighted by Gasteiger charge is 2.70. The maximum atomic E-state index is 10.7. The van der Waals surface area contributed by atoms with E-state index in [0.717, 1.165) is 40.1 Å². The number of fused-ring (bicyclic) bond motifs is 1. The van der Waals surface area contributed by atoms with E-state index in [9.17, 15) is 4.79 Å². The summed E-state index contributed by atoms with van der Waals surface area (Å²) in [6.45, 7) is 0. The van der Waals surface area contributed by atoms with Gasteiger partial charge in [0, 0.05) is 16.5 Å². The number of hydrogen-bond acceptors (Lipinski definition) is 3. The maximum Gasteiger partial charge on any atom is 0.405 e. The molecule has 4 nitrogen and oxygen atoms in total. The SMILES string of the molecule is C#Cc1ccc2nc(C34CC(NC(=O)O)(C3)C4)sc2c1. The van der Waals surface area contributed by atoms with Gasteiger partial charge in [0.25, 0.3) is 0 Å². The first-order valence-corrected chi connectivity index (χ1v) is 7.25. The van der Waals surface area contributed by atoms with Crippen LogP contribution in [0, 0.1) is 12.3 Å². The number of carboxylic acid groups (broad SMARTS) is 1. The Bertz CT molecular complexity index is 767. The van der Waals surface area contributed by atoms with Crippen LogP contribution < -0.4 is 5.32 Å². The Labute approximate surface area is 119 Å². The molecule has 0 atom stereocenters. The number of amides is 1. The van der Waals surface area contributed by atoms with Gasteiger partial charge in [0.15, 0.2) is 0 Å². The third-order valence-electron chi connectivity index (χ3n) is 4.41. The van der Waals surface area contributed by atoms with Gasteiger partial charge in [-0.25, -0.2) is 9.78 Å². The number of carbonyl (C=O) groups is 1. The van der Waals surface area contributed by atoms with Crippen molar-refractivity contribution < 1.29 is 9.90 Å². The molecule has 3 fully saturated rings. The fraction of sp³-hybridized carbons (Fsp3) is 0.333. The summed E-state index contributed by atoms with van der Waals surface area (Å²) < 4.78 is 1.11. The number of terminal acetylenes is 1. The average Bonchev–Trinajstić information content (AvgIpc) is 2.73. The van der Waals surface area contributed by atoms with Crippen molar-refractivity contribution in [3.8, 4) is 12.3 Å². The molecule has 0 radical (unpaired) electrons. The molecule has 2 N–H and O–H groups in total. The third kappa shape index (κ3) is 1.43. The Hall–Kier alpha value is -2.06. The summed E-state index contributed by atoms with van der Waals surface area (Å²) in [6, 6.07) is 5.86. The van der Waals surface area contributed by atoms with E-state index in [1.54, 1.807) is 11.3 Å². The molecule has 2 aromatic rings. The summed E-state index contributed by atoms with van der Waals surface area (Å²) in [5.41, 5.74) is 1.76. The average molecular weight is 284 g/mol. The normalized spacial score (nSPS) is 30.1. The standard InChI is InChI=1S/C15H12N2O2S/c1-2-9-3-4-10-11(5-9)20-12(16-10)14-6-15(7-14,8-14)17-13(18)19/h1,3-5,17H,6-8H2,(H,18,19). The fourth-order valence-electron chi connectivity index (χ4n) is 3.62. The van der Waals surface area contributed by atoms with E-state index in [0.29, 0.717) is 0 Å². The lowest BCUT2D eigenvalue weighted by molar-refractivity contribution is -0.0821. The van der Waals surface area contributed by atoms with Gasteiger partial charge in [0.05, 0.1) is 10.2 Å². The van der Waals surface area contributed by atoms with Crippen molar-refractivity contribution in [2.75, 3.05) is 0 Å². The second-order valence-corrected chi connectivity index (χ2v) is 6.90. The van der Waals surface area contributed by atoms with Crippen LogP contribution in [-0.2, 0) is 5.41 Å². The van der Waals surface area contributed by atoms with E-state index < -0.39 is 6.09 Å². The van der Waals surface area contributed by atoms with Crippen molar-refractivity contribution in [2.24, 2.45) is 0 Å². The predicted octanol–water partition coefficient (Wildman–Crippen LogP) is 2.72. The minimum absolute atomic E-state index is 0.0996. The van der Waals surface area contributed by atoms with Crippen molar-refractivity contribution in [2.45, 2.75) is 30.2 Å². The van der Waals surface area contributed by atoms with Crippen LogP contribution in [0.15, 0.2) is 18.2 Å². The van der Waals surface area contributed by atoms with Gasteiger partial charge in [0.2, 0.25) is 0 Å². The van der Waals surface area contributed by atoms with Gasteiger partial charge in [-0.3, -0.25) is 0 Å². The molecule has 0 unspecified atom stereocenters. The Kier molecular flexibility index (Phi) is 2.07. The molecule has 0 aliphatic heterocycles.